The van der Waals surface area contributed by atoms with Gasteiger partial charge in [-0.05, 0) is 26.2 Å². The first kappa shape index (κ1) is 11.9. The van der Waals surface area contributed by atoms with Gasteiger partial charge in [0.1, 0.15) is 6.10 Å². The normalized spacial score (nSPS) is 27.3. The molecule has 0 spiro atoms. The summed E-state index contributed by atoms with van der Waals surface area (Å²) in [6.45, 7) is 1.57. The maximum absolute atomic E-state index is 11.3. The smallest absolute Gasteiger partial charge is 0.318 e. The summed E-state index contributed by atoms with van der Waals surface area (Å²) in [5.74, 6) is -0.526. The number of hydrogen-bond donors (Lipinski definition) is 3. The van der Waals surface area contributed by atoms with E-state index in [2.05, 4.69) is 0 Å². The van der Waals surface area contributed by atoms with Crippen molar-refractivity contribution in [2.45, 2.75) is 44.4 Å². The van der Waals surface area contributed by atoms with Crippen molar-refractivity contribution in [3.8, 4) is 0 Å². The first-order chi connectivity index (χ1) is 7.00. The molecule has 1 rings (SSSR count). The highest BCUT2D eigenvalue weighted by Gasteiger charge is 2.28. The average molecular weight is 215 g/mol. The van der Waals surface area contributed by atoms with Crippen LogP contribution in [-0.2, 0) is 9.53 Å². The van der Waals surface area contributed by atoms with Crippen LogP contribution in [0.2, 0.25) is 0 Å². The molecule has 5 N–H and O–H groups in total. The number of ether oxygens (including phenoxy) is 1. The number of rotatable bonds is 3. The molecule has 3 unspecified atom stereocenters. The summed E-state index contributed by atoms with van der Waals surface area (Å²) < 4.78 is 5.44. The minimum atomic E-state index is -0.869. The number of urea groups is 1. The molecule has 1 fully saturated rings. The fraction of sp³-hybridized carbons (Fsp3) is 0.778. The van der Waals surface area contributed by atoms with Crippen LogP contribution in [0.1, 0.15) is 26.2 Å². The largest absolute Gasteiger partial charge is 0.364 e. The fourth-order valence-corrected chi connectivity index (χ4v) is 1.67. The van der Waals surface area contributed by atoms with Gasteiger partial charge in [0.25, 0.3) is 5.91 Å². The van der Waals surface area contributed by atoms with E-state index in [-0.39, 0.29) is 12.1 Å². The summed E-state index contributed by atoms with van der Waals surface area (Å²) in [4.78, 5) is 21.7. The van der Waals surface area contributed by atoms with Crippen molar-refractivity contribution in [3.05, 3.63) is 0 Å². The van der Waals surface area contributed by atoms with Gasteiger partial charge in [-0.25, -0.2) is 4.79 Å². The number of nitrogens with one attached hydrogen (secondary N) is 1. The van der Waals surface area contributed by atoms with Crippen molar-refractivity contribution in [2.75, 3.05) is 0 Å². The van der Waals surface area contributed by atoms with Crippen LogP contribution in [0.5, 0.6) is 0 Å². The van der Waals surface area contributed by atoms with Gasteiger partial charge >= 0.3 is 6.03 Å². The number of carbonyl (C=O) groups is 2. The summed E-state index contributed by atoms with van der Waals surface area (Å²) in [6, 6.07) is -0.889. The van der Waals surface area contributed by atoms with E-state index in [1.54, 1.807) is 6.92 Å². The van der Waals surface area contributed by atoms with Crippen LogP contribution >= 0.6 is 0 Å². The summed E-state index contributed by atoms with van der Waals surface area (Å²) >= 11 is 0. The fourth-order valence-electron chi connectivity index (χ4n) is 1.67. The van der Waals surface area contributed by atoms with Crippen molar-refractivity contribution in [3.63, 3.8) is 0 Å². The maximum atomic E-state index is 11.3. The first-order valence-electron chi connectivity index (χ1n) is 5.02. The second-order valence-corrected chi connectivity index (χ2v) is 3.77. The Morgan fingerprint density at radius 3 is 2.60 bits per heavy atom. The Bertz CT molecular complexity index is 257. The molecule has 0 bridgehead atoms. The number of hydrogen-bond acceptors (Lipinski definition) is 4. The highest BCUT2D eigenvalue weighted by molar-refractivity contribution is 5.95. The highest BCUT2D eigenvalue weighted by atomic mass is 16.5. The second kappa shape index (κ2) is 5.09. The van der Waals surface area contributed by atoms with E-state index in [0.717, 1.165) is 19.3 Å². The lowest BCUT2D eigenvalue weighted by atomic mass is 10.2. The molecule has 0 aromatic heterocycles. The molecule has 0 saturated heterocycles. The molecule has 0 heterocycles. The van der Waals surface area contributed by atoms with E-state index in [0.29, 0.717) is 0 Å². The monoisotopic (exact) mass is 215 g/mol. The predicted molar refractivity (Wildman–Crippen MR) is 53.9 cm³/mol. The van der Waals surface area contributed by atoms with E-state index >= 15 is 0 Å². The summed E-state index contributed by atoms with van der Waals surface area (Å²) in [7, 11) is 0. The van der Waals surface area contributed by atoms with Crippen LogP contribution in [0.15, 0.2) is 0 Å². The molecule has 0 radical (unpaired) electrons. The van der Waals surface area contributed by atoms with Crippen LogP contribution in [0.25, 0.3) is 0 Å². The molecule has 3 amide bonds. The van der Waals surface area contributed by atoms with Gasteiger partial charge in [0, 0.05) is 6.04 Å². The lowest BCUT2D eigenvalue weighted by Gasteiger charge is -2.20. The standard InChI is InChI=1S/C9H17N3O3/c1-5(8(13)12-9(11)14)15-7-4-2-3-6(7)10/h5-7H,2-4,10H2,1H3,(H3,11,12,13,14). The molecule has 3 atom stereocenters. The topological polar surface area (TPSA) is 107 Å². The molecular weight excluding hydrogens is 198 g/mol. The highest BCUT2D eigenvalue weighted by Crippen LogP contribution is 2.21. The Hall–Kier alpha value is -1.14. The van der Waals surface area contributed by atoms with Gasteiger partial charge in [-0.1, -0.05) is 0 Å². The summed E-state index contributed by atoms with van der Waals surface area (Å²) in [5.41, 5.74) is 10.6. The van der Waals surface area contributed by atoms with Crippen molar-refractivity contribution in [1.82, 2.24) is 5.32 Å². The SMILES string of the molecule is CC(OC1CCCC1N)C(=O)NC(N)=O. The third kappa shape index (κ3) is 3.49. The molecule has 0 aromatic carbocycles. The molecule has 0 aromatic rings. The summed E-state index contributed by atoms with van der Waals surface area (Å²) in [6.07, 6.45) is 1.98. The lowest BCUT2D eigenvalue weighted by Crippen LogP contribution is -2.44. The van der Waals surface area contributed by atoms with Gasteiger partial charge in [0.2, 0.25) is 0 Å². The van der Waals surface area contributed by atoms with Crippen LogP contribution in [0, 0.1) is 0 Å². The molecule has 6 heteroatoms. The van der Waals surface area contributed by atoms with Crippen LogP contribution in [0.4, 0.5) is 4.79 Å². The zero-order valence-corrected chi connectivity index (χ0v) is 8.73. The van der Waals surface area contributed by atoms with E-state index in [1.807, 2.05) is 5.32 Å². The van der Waals surface area contributed by atoms with E-state index in [4.69, 9.17) is 16.2 Å². The number of imide groups is 1. The van der Waals surface area contributed by atoms with Gasteiger partial charge in [-0.15, -0.1) is 0 Å². The number of nitrogens with two attached hydrogens (primary N) is 2. The third-order valence-corrected chi connectivity index (χ3v) is 2.50. The molecule has 1 aliphatic carbocycles. The lowest BCUT2D eigenvalue weighted by molar-refractivity contribution is -0.134. The Labute approximate surface area is 88.3 Å². The zero-order valence-electron chi connectivity index (χ0n) is 8.73. The van der Waals surface area contributed by atoms with E-state index in [1.165, 1.54) is 0 Å². The number of carbonyl (C=O) groups excluding carboxylic acids is 2. The van der Waals surface area contributed by atoms with Crippen molar-refractivity contribution in [1.29, 1.82) is 0 Å². The Morgan fingerprint density at radius 2 is 2.13 bits per heavy atom. The molecule has 15 heavy (non-hydrogen) atoms. The van der Waals surface area contributed by atoms with Gasteiger partial charge in [-0.3, -0.25) is 10.1 Å². The quantitative estimate of drug-likeness (QED) is 0.588. The maximum Gasteiger partial charge on any atom is 0.318 e. The van der Waals surface area contributed by atoms with E-state index < -0.39 is 18.0 Å². The number of amides is 3. The first-order valence-corrected chi connectivity index (χ1v) is 5.02. The van der Waals surface area contributed by atoms with Gasteiger partial charge < -0.3 is 16.2 Å². The molecule has 6 nitrogen and oxygen atoms in total. The number of primary amides is 1. The average Bonchev–Trinajstić information content (AvgIpc) is 2.50. The van der Waals surface area contributed by atoms with Gasteiger partial charge in [0.05, 0.1) is 6.10 Å². The Kier molecular flexibility index (Phi) is 4.05. The van der Waals surface area contributed by atoms with E-state index in [9.17, 15) is 9.59 Å². The minimum Gasteiger partial charge on any atom is -0.364 e. The van der Waals surface area contributed by atoms with Crippen LogP contribution in [0.3, 0.4) is 0 Å². The minimum absolute atomic E-state index is 0.0196. The summed E-state index contributed by atoms with van der Waals surface area (Å²) in [5, 5.41) is 1.97. The van der Waals surface area contributed by atoms with Crippen molar-refractivity contribution in [2.24, 2.45) is 11.5 Å². The van der Waals surface area contributed by atoms with Crippen molar-refractivity contribution < 1.29 is 14.3 Å². The predicted octanol–water partition coefficient (Wildman–Crippen LogP) is -0.534. The Balaban J connectivity index is 2.37. The Morgan fingerprint density at radius 1 is 1.47 bits per heavy atom. The van der Waals surface area contributed by atoms with Gasteiger partial charge in [-0.2, -0.15) is 0 Å². The molecule has 0 aliphatic heterocycles. The molecule has 86 valence electrons. The van der Waals surface area contributed by atoms with Crippen molar-refractivity contribution >= 4 is 11.9 Å². The van der Waals surface area contributed by atoms with Gasteiger partial charge in [0.15, 0.2) is 0 Å². The zero-order chi connectivity index (χ0) is 11.4. The van der Waals surface area contributed by atoms with Crippen LogP contribution < -0.4 is 16.8 Å². The molecule has 1 saturated carbocycles. The second-order valence-electron chi connectivity index (χ2n) is 3.77. The molecule has 1 aliphatic rings. The third-order valence-electron chi connectivity index (χ3n) is 2.50. The molecular formula is C9H17N3O3. The van der Waals surface area contributed by atoms with Crippen LogP contribution in [-0.4, -0.2) is 30.2 Å².